The Hall–Kier alpha value is -2.41. The van der Waals surface area contributed by atoms with Crippen LogP contribution in [-0.4, -0.2) is 29.9 Å². The minimum atomic E-state index is -0.218. The Morgan fingerprint density at radius 1 is 1.15 bits per heavy atom. The third kappa shape index (κ3) is 3.44. The Kier molecular flexibility index (Phi) is 4.63. The fraction of sp³-hybridized carbons (Fsp3) is 0.421. The number of rotatable bonds is 5. The fourth-order valence-electron chi connectivity index (χ4n) is 3.51. The molecule has 1 aromatic carbocycles. The number of nitrogens with two attached hydrogens (primary N) is 1. The number of nitrogens with zero attached hydrogens (tertiary/aromatic N) is 2. The van der Waals surface area contributed by atoms with Crippen LogP contribution in [0.1, 0.15) is 47.0 Å². The number of benzene rings is 1. The highest BCUT2D eigenvalue weighted by molar-refractivity contribution is 7.12. The van der Waals surface area contributed by atoms with Crippen molar-refractivity contribution in [1.29, 1.82) is 0 Å². The van der Waals surface area contributed by atoms with E-state index in [9.17, 15) is 9.59 Å². The summed E-state index contributed by atoms with van der Waals surface area (Å²) >= 11 is 1.40. The first-order chi connectivity index (χ1) is 12.6. The zero-order chi connectivity index (χ0) is 18.1. The van der Waals surface area contributed by atoms with Crippen LogP contribution in [0.5, 0.6) is 0 Å². The van der Waals surface area contributed by atoms with Gasteiger partial charge in [-0.25, -0.2) is 4.98 Å². The monoisotopic (exact) mass is 370 g/mol. The summed E-state index contributed by atoms with van der Waals surface area (Å²) in [7, 11) is 0. The minimum absolute atomic E-state index is 0.0497. The highest BCUT2D eigenvalue weighted by atomic mass is 32.1. The molecule has 7 heteroatoms. The molecule has 6 nitrogen and oxygen atoms in total. The van der Waals surface area contributed by atoms with Gasteiger partial charge in [0, 0.05) is 24.9 Å². The Morgan fingerprint density at radius 2 is 1.88 bits per heavy atom. The fourth-order valence-corrected chi connectivity index (χ4v) is 4.28. The van der Waals surface area contributed by atoms with Gasteiger partial charge in [0.1, 0.15) is 4.88 Å². The molecule has 1 saturated heterocycles. The number of anilines is 2. The van der Waals surface area contributed by atoms with E-state index in [-0.39, 0.29) is 17.7 Å². The summed E-state index contributed by atoms with van der Waals surface area (Å²) in [6, 6.07) is 7.82. The van der Waals surface area contributed by atoms with E-state index in [1.165, 1.54) is 11.3 Å². The first-order valence-electron chi connectivity index (χ1n) is 9.01. The zero-order valence-electron chi connectivity index (χ0n) is 14.5. The molecule has 2 aliphatic rings. The van der Waals surface area contributed by atoms with Gasteiger partial charge in [-0.3, -0.25) is 9.59 Å². The van der Waals surface area contributed by atoms with E-state index in [1.807, 2.05) is 24.3 Å². The lowest BCUT2D eigenvalue weighted by Gasteiger charge is -2.33. The summed E-state index contributed by atoms with van der Waals surface area (Å²) in [6.07, 6.45) is 3.74. The number of aromatic nitrogens is 1. The van der Waals surface area contributed by atoms with Crippen molar-refractivity contribution in [2.45, 2.75) is 31.6 Å². The Morgan fingerprint density at radius 3 is 2.58 bits per heavy atom. The van der Waals surface area contributed by atoms with Crippen molar-refractivity contribution in [3.05, 3.63) is 40.3 Å². The van der Waals surface area contributed by atoms with Gasteiger partial charge in [0.25, 0.3) is 5.91 Å². The summed E-state index contributed by atoms with van der Waals surface area (Å²) in [6.45, 7) is 1.52. The molecule has 1 aromatic heterocycles. The minimum Gasteiger partial charge on any atom is -0.370 e. The van der Waals surface area contributed by atoms with Gasteiger partial charge in [-0.2, -0.15) is 0 Å². The second-order valence-electron chi connectivity index (χ2n) is 6.98. The van der Waals surface area contributed by atoms with E-state index in [2.05, 4.69) is 15.2 Å². The number of carbonyl (C=O) groups is 2. The maximum absolute atomic E-state index is 12.8. The molecule has 2 fully saturated rings. The molecule has 2 amide bonds. The van der Waals surface area contributed by atoms with Crippen molar-refractivity contribution in [3.8, 4) is 0 Å². The summed E-state index contributed by atoms with van der Waals surface area (Å²) in [4.78, 5) is 31.5. The third-order valence-electron chi connectivity index (χ3n) is 5.16. The molecule has 0 radical (unpaired) electrons. The second kappa shape index (κ2) is 7.07. The van der Waals surface area contributed by atoms with Crippen LogP contribution in [0, 0.1) is 5.92 Å². The number of thiazole rings is 1. The maximum Gasteiger partial charge on any atom is 0.267 e. The van der Waals surface area contributed by atoms with Crippen LogP contribution in [0.4, 0.5) is 11.4 Å². The van der Waals surface area contributed by atoms with Crippen LogP contribution in [0.25, 0.3) is 0 Å². The third-order valence-corrected chi connectivity index (χ3v) is 6.00. The summed E-state index contributed by atoms with van der Waals surface area (Å²) < 4.78 is 0. The zero-order valence-corrected chi connectivity index (χ0v) is 15.3. The number of hydrogen-bond acceptors (Lipinski definition) is 5. The molecule has 1 aliphatic heterocycles. The molecule has 0 unspecified atom stereocenters. The van der Waals surface area contributed by atoms with Crippen LogP contribution in [0.15, 0.2) is 29.8 Å². The lowest BCUT2D eigenvalue weighted by Crippen LogP contribution is -2.38. The van der Waals surface area contributed by atoms with Gasteiger partial charge < -0.3 is 16.0 Å². The van der Waals surface area contributed by atoms with Crippen LogP contribution in [-0.2, 0) is 4.79 Å². The SMILES string of the molecule is NC(=O)C1CCN(c2ccccc2NC(=O)c2scnc2C2CC2)CC1. The number of hydrogen-bond donors (Lipinski definition) is 2. The van der Waals surface area contributed by atoms with Gasteiger partial charge in [-0.1, -0.05) is 12.1 Å². The number of piperidine rings is 1. The topological polar surface area (TPSA) is 88.3 Å². The molecule has 26 heavy (non-hydrogen) atoms. The predicted octanol–water partition coefficient (Wildman–Crippen LogP) is 2.97. The smallest absolute Gasteiger partial charge is 0.267 e. The lowest BCUT2D eigenvalue weighted by atomic mass is 9.96. The Labute approximate surface area is 156 Å². The van der Waals surface area contributed by atoms with Crippen LogP contribution in [0.3, 0.4) is 0 Å². The van der Waals surface area contributed by atoms with E-state index in [1.54, 1.807) is 5.51 Å². The van der Waals surface area contributed by atoms with E-state index in [0.717, 1.165) is 60.7 Å². The molecule has 136 valence electrons. The molecular formula is C19H22N4O2S. The number of amides is 2. The van der Waals surface area contributed by atoms with Crippen LogP contribution >= 0.6 is 11.3 Å². The van der Waals surface area contributed by atoms with Crippen molar-refractivity contribution in [2.75, 3.05) is 23.3 Å². The number of primary amides is 1. The molecule has 0 spiro atoms. The average Bonchev–Trinajstić information content (AvgIpc) is 3.38. The summed E-state index contributed by atoms with van der Waals surface area (Å²) in [5.41, 5.74) is 9.90. The van der Waals surface area contributed by atoms with Gasteiger partial charge in [0.05, 0.1) is 22.6 Å². The Bertz CT molecular complexity index is 822. The quantitative estimate of drug-likeness (QED) is 0.847. The molecule has 1 saturated carbocycles. The van der Waals surface area contributed by atoms with Gasteiger partial charge in [-0.15, -0.1) is 11.3 Å². The summed E-state index contributed by atoms with van der Waals surface area (Å²) in [5, 5.41) is 3.07. The molecule has 3 N–H and O–H groups in total. The van der Waals surface area contributed by atoms with Crippen molar-refractivity contribution in [3.63, 3.8) is 0 Å². The first-order valence-corrected chi connectivity index (χ1v) is 9.89. The van der Waals surface area contributed by atoms with Crippen molar-refractivity contribution in [2.24, 2.45) is 11.7 Å². The van der Waals surface area contributed by atoms with E-state index >= 15 is 0 Å². The van der Waals surface area contributed by atoms with Gasteiger partial charge in [-0.05, 0) is 37.8 Å². The normalized spacial score (nSPS) is 17.9. The molecule has 2 heterocycles. The van der Waals surface area contributed by atoms with Gasteiger partial charge >= 0.3 is 0 Å². The highest BCUT2D eigenvalue weighted by Crippen LogP contribution is 2.42. The van der Waals surface area contributed by atoms with Crippen molar-refractivity contribution < 1.29 is 9.59 Å². The van der Waals surface area contributed by atoms with Crippen LogP contribution < -0.4 is 16.0 Å². The predicted molar refractivity (Wildman–Crippen MR) is 103 cm³/mol. The molecule has 0 atom stereocenters. The van der Waals surface area contributed by atoms with Crippen molar-refractivity contribution in [1.82, 2.24) is 4.98 Å². The maximum atomic E-state index is 12.8. The molecule has 0 bridgehead atoms. The van der Waals surface area contributed by atoms with E-state index in [0.29, 0.717) is 5.92 Å². The van der Waals surface area contributed by atoms with Gasteiger partial charge in [0.2, 0.25) is 5.91 Å². The van der Waals surface area contributed by atoms with Crippen LogP contribution in [0.2, 0.25) is 0 Å². The van der Waals surface area contributed by atoms with E-state index < -0.39 is 0 Å². The second-order valence-corrected chi connectivity index (χ2v) is 7.83. The Balaban J connectivity index is 1.50. The van der Waals surface area contributed by atoms with Crippen molar-refractivity contribution >= 4 is 34.5 Å². The molecule has 1 aliphatic carbocycles. The molecule has 2 aromatic rings. The average molecular weight is 370 g/mol. The first kappa shape index (κ1) is 17.0. The largest absolute Gasteiger partial charge is 0.370 e. The standard InChI is InChI=1S/C19H22N4O2S/c20-18(24)13-7-9-23(10-8-13)15-4-2-1-3-14(15)22-19(25)17-16(12-5-6-12)21-11-26-17/h1-4,11-13H,5-10H2,(H2,20,24)(H,22,25). The number of nitrogens with one attached hydrogen (secondary N) is 1. The number of para-hydroxylation sites is 2. The molecule has 4 rings (SSSR count). The lowest BCUT2D eigenvalue weighted by molar-refractivity contribution is -0.122. The summed E-state index contributed by atoms with van der Waals surface area (Å²) in [5.74, 6) is 0.0919. The van der Waals surface area contributed by atoms with E-state index in [4.69, 9.17) is 5.73 Å². The molecular weight excluding hydrogens is 348 g/mol. The number of carbonyl (C=O) groups excluding carboxylic acids is 2. The highest BCUT2D eigenvalue weighted by Gasteiger charge is 2.31. The van der Waals surface area contributed by atoms with Gasteiger partial charge in [0.15, 0.2) is 0 Å².